The summed E-state index contributed by atoms with van der Waals surface area (Å²) in [6, 6.07) is 0.835. The number of fused-ring (bicyclic) bond motifs is 1. The summed E-state index contributed by atoms with van der Waals surface area (Å²) >= 11 is 3.45. The maximum Gasteiger partial charge on any atom is 0.337 e. The Morgan fingerprint density at radius 3 is 2.42 bits per heavy atom. The largest absolute Gasteiger partial charge is 0.466 e. The molecule has 0 aromatic heterocycles. The lowest BCUT2D eigenvalue weighted by atomic mass is 10.0. The molecule has 132 valence electrons. The number of allylic oxidation sites excluding steroid dienone is 2. The van der Waals surface area contributed by atoms with Gasteiger partial charge in [-0.3, -0.25) is 9.80 Å². The number of likely N-dealkylation sites (tertiary alicyclic amines) is 2. The first-order valence-electron chi connectivity index (χ1n) is 9.05. The molecule has 1 N–H and O–H groups in total. The minimum atomic E-state index is -0.248. The first-order valence-corrected chi connectivity index (χ1v) is 9.84. The molecule has 3 heterocycles. The van der Waals surface area contributed by atoms with E-state index in [4.69, 9.17) is 4.74 Å². The third kappa shape index (κ3) is 3.04. The molecule has 1 saturated carbocycles. The Morgan fingerprint density at radius 1 is 1.17 bits per heavy atom. The minimum absolute atomic E-state index is 0.0655. The van der Waals surface area contributed by atoms with Crippen LogP contribution in [0.4, 0.5) is 0 Å². The first-order chi connectivity index (χ1) is 11.7. The van der Waals surface area contributed by atoms with Gasteiger partial charge in [0.25, 0.3) is 0 Å². The zero-order chi connectivity index (χ0) is 16.7. The van der Waals surface area contributed by atoms with Gasteiger partial charge in [-0.15, -0.1) is 0 Å². The molecule has 3 aliphatic heterocycles. The zero-order valence-electron chi connectivity index (χ0n) is 14.2. The lowest BCUT2D eigenvalue weighted by Gasteiger charge is -2.33. The molecule has 24 heavy (non-hydrogen) atoms. The van der Waals surface area contributed by atoms with E-state index in [1.54, 1.807) is 0 Å². The van der Waals surface area contributed by atoms with Gasteiger partial charge in [-0.1, -0.05) is 12.8 Å². The number of esters is 1. The summed E-state index contributed by atoms with van der Waals surface area (Å²) in [5.41, 5.74) is 0.694. The minimum Gasteiger partial charge on any atom is -0.466 e. The summed E-state index contributed by atoms with van der Waals surface area (Å²) in [5.74, 6) is 1.23. The monoisotopic (exact) mass is 395 g/mol. The third-order valence-electron chi connectivity index (χ3n) is 6.14. The normalized spacial score (nSPS) is 34.7. The predicted molar refractivity (Wildman–Crippen MR) is 96.4 cm³/mol. The molecule has 0 aromatic carbocycles. The molecule has 0 spiro atoms. The zero-order valence-corrected chi connectivity index (χ0v) is 15.8. The average molecular weight is 396 g/mol. The SMILES string of the molecule is COC(=O)C1=CC(Br)=CNC1N1CC2CN(C3CCCC3)CC2C1. The van der Waals surface area contributed by atoms with Crippen LogP contribution in [0.1, 0.15) is 25.7 Å². The van der Waals surface area contributed by atoms with E-state index in [0.717, 1.165) is 35.4 Å². The van der Waals surface area contributed by atoms with Crippen molar-refractivity contribution in [1.29, 1.82) is 0 Å². The highest BCUT2D eigenvalue weighted by Crippen LogP contribution is 2.37. The summed E-state index contributed by atoms with van der Waals surface area (Å²) in [6.07, 6.45) is 9.33. The van der Waals surface area contributed by atoms with Crippen molar-refractivity contribution in [2.75, 3.05) is 33.3 Å². The van der Waals surface area contributed by atoms with Crippen LogP contribution in [-0.4, -0.2) is 61.3 Å². The van der Waals surface area contributed by atoms with Crippen LogP contribution in [0.15, 0.2) is 22.3 Å². The molecule has 1 aliphatic carbocycles. The number of carbonyl (C=O) groups is 1. The van der Waals surface area contributed by atoms with Crippen molar-refractivity contribution in [1.82, 2.24) is 15.1 Å². The van der Waals surface area contributed by atoms with Crippen LogP contribution < -0.4 is 5.32 Å². The van der Waals surface area contributed by atoms with E-state index < -0.39 is 0 Å². The first kappa shape index (κ1) is 16.6. The molecular weight excluding hydrogens is 370 g/mol. The van der Waals surface area contributed by atoms with Gasteiger partial charge in [0, 0.05) is 42.9 Å². The van der Waals surface area contributed by atoms with Gasteiger partial charge in [0.1, 0.15) is 6.17 Å². The number of methoxy groups -OCH3 is 1. The van der Waals surface area contributed by atoms with Gasteiger partial charge in [0.05, 0.1) is 12.7 Å². The fraction of sp³-hybridized carbons (Fsp3) is 0.722. The van der Waals surface area contributed by atoms with Crippen LogP contribution in [0.5, 0.6) is 0 Å². The van der Waals surface area contributed by atoms with Gasteiger partial charge < -0.3 is 10.1 Å². The molecule has 0 aromatic rings. The maximum atomic E-state index is 12.1. The number of rotatable bonds is 3. The molecule has 0 radical (unpaired) electrons. The lowest BCUT2D eigenvalue weighted by molar-refractivity contribution is -0.137. The van der Waals surface area contributed by atoms with Gasteiger partial charge in [0.15, 0.2) is 0 Å². The Hall–Kier alpha value is -0.850. The molecule has 0 bridgehead atoms. The van der Waals surface area contributed by atoms with Gasteiger partial charge >= 0.3 is 5.97 Å². The van der Waals surface area contributed by atoms with Crippen LogP contribution in [-0.2, 0) is 9.53 Å². The quantitative estimate of drug-likeness (QED) is 0.740. The molecule has 4 aliphatic rings. The number of halogens is 1. The van der Waals surface area contributed by atoms with E-state index in [-0.39, 0.29) is 12.1 Å². The van der Waals surface area contributed by atoms with Crippen molar-refractivity contribution in [2.45, 2.75) is 37.9 Å². The topological polar surface area (TPSA) is 44.8 Å². The molecule has 6 heteroatoms. The van der Waals surface area contributed by atoms with Gasteiger partial charge in [-0.05, 0) is 46.7 Å². The van der Waals surface area contributed by atoms with Crippen LogP contribution in [0, 0.1) is 11.8 Å². The number of carbonyl (C=O) groups excluding carboxylic acids is 1. The van der Waals surface area contributed by atoms with E-state index in [0.29, 0.717) is 5.57 Å². The molecular formula is C18H26BrN3O2. The number of ether oxygens (including phenoxy) is 1. The van der Waals surface area contributed by atoms with Gasteiger partial charge in [-0.25, -0.2) is 4.79 Å². The molecule has 5 nitrogen and oxygen atoms in total. The number of hydrogen-bond donors (Lipinski definition) is 1. The molecule has 3 unspecified atom stereocenters. The number of dihydropyridines is 1. The Morgan fingerprint density at radius 2 is 1.79 bits per heavy atom. The molecule has 0 amide bonds. The second kappa shape index (κ2) is 6.81. The van der Waals surface area contributed by atoms with Crippen molar-refractivity contribution in [2.24, 2.45) is 11.8 Å². The molecule has 4 rings (SSSR count). The van der Waals surface area contributed by atoms with Crippen molar-refractivity contribution in [3.8, 4) is 0 Å². The number of nitrogens with one attached hydrogen (secondary N) is 1. The summed E-state index contributed by atoms with van der Waals surface area (Å²) in [6.45, 7) is 4.58. The summed E-state index contributed by atoms with van der Waals surface area (Å²) in [5, 5.41) is 3.37. The standard InChI is InChI=1S/C18H26BrN3O2/c1-24-18(23)16-6-14(19)7-20-17(16)22-10-12-8-21(9-13(12)11-22)15-4-2-3-5-15/h6-7,12-13,15,17,20H,2-5,8-11H2,1H3. The third-order valence-corrected chi connectivity index (χ3v) is 6.59. The van der Waals surface area contributed by atoms with E-state index in [9.17, 15) is 4.79 Å². The highest BCUT2D eigenvalue weighted by molar-refractivity contribution is 9.11. The Labute approximate surface area is 152 Å². The van der Waals surface area contributed by atoms with Gasteiger partial charge in [0.2, 0.25) is 0 Å². The Kier molecular flexibility index (Phi) is 4.71. The second-order valence-corrected chi connectivity index (χ2v) is 8.47. The van der Waals surface area contributed by atoms with E-state index >= 15 is 0 Å². The number of nitrogens with zero attached hydrogens (tertiary/aromatic N) is 2. The van der Waals surface area contributed by atoms with Crippen molar-refractivity contribution in [3.63, 3.8) is 0 Å². The van der Waals surface area contributed by atoms with Crippen molar-refractivity contribution < 1.29 is 9.53 Å². The molecule has 2 saturated heterocycles. The summed E-state index contributed by atoms with van der Waals surface area (Å²) < 4.78 is 5.86. The fourth-order valence-electron chi connectivity index (χ4n) is 4.95. The van der Waals surface area contributed by atoms with Crippen LogP contribution >= 0.6 is 15.9 Å². The highest BCUT2D eigenvalue weighted by atomic mass is 79.9. The van der Waals surface area contributed by atoms with Crippen LogP contribution in [0.25, 0.3) is 0 Å². The van der Waals surface area contributed by atoms with Crippen molar-refractivity contribution >= 4 is 21.9 Å². The van der Waals surface area contributed by atoms with E-state index in [1.807, 2.05) is 12.3 Å². The fourth-order valence-corrected chi connectivity index (χ4v) is 5.33. The Bertz CT molecular complexity index is 557. The van der Waals surface area contributed by atoms with E-state index in [2.05, 4.69) is 31.0 Å². The van der Waals surface area contributed by atoms with Crippen LogP contribution in [0.3, 0.4) is 0 Å². The predicted octanol–water partition coefficient (Wildman–Crippen LogP) is 2.06. The number of hydrogen-bond acceptors (Lipinski definition) is 5. The lowest BCUT2D eigenvalue weighted by Crippen LogP contribution is -2.48. The van der Waals surface area contributed by atoms with E-state index in [1.165, 1.54) is 45.9 Å². The van der Waals surface area contributed by atoms with Gasteiger partial charge in [-0.2, -0.15) is 0 Å². The second-order valence-electron chi connectivity index (χ2n) is 7.56. The summed E-state index contributed by atoms with van der Waals surface area (Å²) in [7, 11) is 1.45. The smallest absolute Gasteiger partial charge is 0.337 e. The molecule has 3 atom stereocenters. The maximum absolute atomic E-state index is 12.1. The Balaban J connectivity index is 1.41. The van der Waals surface area contributed by atoms with Crippen molar-refractivity contribution in [3.05, 3.63) is 22.3 Å². The average Bonchev–Trinajstić information content (AvgIpc) is 3.28. The molecule has 3 fully saturated rings. The summed E-state index contributed by atoms with van der Waals surface area (Å²) in [4.78, 5) is 17.3. The van der Waals surface area contributed by atoms with Crippen LogP contribution in [0.2, 0.25) is 0 Å². The highest BCUT2D eigenvalue weighted by Gasteiger charge is 2.45.